The summed E-state index contributed by atoms with van der Waals surface area (Å²) in [5.41, 5.74) is -0.442. The van der Waals surface area contributed by atoms with Gasteiger partial charge in [-0.25, -0.2) is 9.78 Å². The highest BCUT2D eigenvalue weighted by atomic mass is 16.3. The number of hydrogen-bond acceptors (Lipinski definition) is 5. The van der Waals surface area contributed by atoms with Gasteiger partial charge in [0.05, 0.1) is 12.3 Å². The number of carbonyl (C=O) groups excluding carboxylic acids is 1. The average Bonchev–Trinajstić information content (AvgIpc) is 2.95. The molecule has 0 spiro atoms. The first-order chi connectivity index (χ1) is 10.1. The maximum absolute atomic E-state index is 11.9. The zero-order chi connectivity index (χ0) is 15.2. The maximum Gasteiger partial charge on any atom is 0.347 e. The molecule has 1 amide bonds. The molecule has 2 heterocycles. The Hall–Kier alpha value is -2.41. The Labute approximate surface area is 122 Å². The summed E-state index contributed by atoms with van der Waals surface area (Å²) >= 11 is 0. The predicted molar refractivity (Wildman–Crippen MR) is 76.6 cm³/mol. The van der Waals surface area contributed by atoms with Crippen LogP contribution in [0.15, 0.2) is 46.1 Å². The van der Waals surface area contributed by atoms with Crippen LogP contribution in [-0.4, -0.2) is 41.0 Å². The molecule has 0 aliphatic heterocycles. The number of furan rings is 1. The van der Waals surface area contributed by atoms with Crippen LogP contribution in [0.1, 0.15) is 11.8 Å². The topological polar surface area (TPSA) is 80.4 Å². The highest BCUT2D eigenvalue weighted by Crippen LogP contribution is 2.17. The number of nitrogens with zero attached hydrogens (tertiary/aromatic N) is 3. The van der Waals surface area contributed by atoms with Crippen molar-refractivity contribution in [3.05, 3.63) is 53.1 Å². The fraction of sp³-hybridized carbons (Fsp3) is 0.357. The predicted octanol–water partition coefficient (Wildman–Crippen LogP) is 0.255. The highest BCUT2D eigenvalue weighted by molar-refractivity contribution is 5.75. The Balaban J connectivity index is 1.94. The monoisotopic (exact) mass is 290 g/mol. The lowest BCUT2D eigenvalue weighted by Gasteiger charge is -2.22. The van der Waals surface area contributed by atoms with Gasteiger partial charge in [-0.15, -0.1) is 0 Å². The Bertz CT molecular complexity index is 634. The second-order valence-electron chi connectivity index (χ2n) is 4.83. The van der Waals surface area contributed by atoms with Crippen molar-refractivity contribution < 1.29 is 9.21 Å². The van der Waals surface area contributed by atoms with Gasteiger partial charge in [0, 0.05) is 18.9 Å². The quantitative estimate of drug-likeness (QED) is 0.825. The van der Waals surface area contributed by atoms with E-state index in [4.69, 9.17) is 4.42 Å². The normalized spacial score (nSPS) is 12.3. The zero-order valence-electron chi connectivity index (χ0n) is 12.0. The second-order valence-corrected chi connectivity index (χ2v) is 4.83. The van der Waals surface area contributed by atoms with Crippen molar-refractivity contribution in [2.24, 2.45) is 0 Å². The molecule has 21 heavy (non-hydrogen) atoms. The van der Waals surface area contributed by atoms with E-state index >= 15 is 0 Å². The van der Waals surface area contributed by atoms with Crippen molar-refractivity contribution >= 4 is 5.91 Å². The molecule has 0 saturated carbocycles. The summed E-state index contributed by atoms with van der Waals surface area (Å²) in [6, 6.07) is 5.22. The second kappa shape index (κ2) is 6.85. The van der Waals surface area contributed by atoms with Gasteiger partial charge in [0.2, 0.25) is 5.91 Å². The summed E-state index contributed by atoms with van der Waals surface area (Å²) in [6.07, 6.45) is 4.53. The van der Waals surface area contributed by atoms with E-state index in [0.717, 1.165) is 5.76 Å². The molecule has 0 aliphatic carbocycles. The summed E-state index contributed by atoms with van der Waals surface area (Å²) in [5, 5.41) is 2.80. The average molecular weight is 290 g/mol. The van der Waals surface area contributed by atoms with Crippen molar-refractivity contribution in [2.75, 3.05) is 20.6 Å². The minimum atomic E-state index is -0.442. The number of hydrogen-bond donors (Lipinski definition) is 1. The molecule has 2 rings (SSSR count). The number of amides is 1. The van der Waals surface area contributed by atoms with Crippen LogP contribution in [0.3, 0.4) is 0 Å². The molecule has 0 aromatic carbocycles. The van der Waals surface area contributed by atoms with Crippen molar-refractivity contribution in [2.45, 2.75) is 12.6 Å². The van der Waals surface area contributed by atoms with Crippen LogP contribution in [0.4, 0.5) is 0 Å². The van der Waals surface area contributed by atoms with Gasteiger partial charge in [0.1, 0.15) is 12.3 Å². The molecule has 7 nitrogen and oxygen atoms in total. The molecule has 0 saturated heterocycles. The van der Waals surface area contributed by atoms with E-state index in [-0.39, 0.29) is 18.5 Å². The summed E-state index contributed by atoms with van der Waals surface area (Å²) < 4.78 is 6.63. The zero-order valence-corrected chi connectivity index (χ0v) is 12.0. The Morgan fingerprint density at radius 1 is 1.48 bits per heavy atom. The van der Waals surface area contributed by atoms with Crippen LogP contribution < -0.4 is 11.0 Å². The third-order valence-electron chi connectivity index (χ3n) is 3.08. The Morgan fingerprint density at radius 2 is 2.29 bits per heavy atom. The summed E-state index contributed by atoms with van der Waals surface area (Å²) in [5.74, 6) is 0.530. The summed E-state index contributed by atoms with van der Waals surface area (Å²) in [7, 11) is 3.82. The summed E-state index contributed by atoms with van der Waals surface area (Å²) in [6.45, 7) is 0.347. The molecular weight excluding hydrogens is 272 g/mol. The van der Waals surface area contributed by atoms with Gasteiger partial charge in [-0.2, -0.15) is 0 Å². The van der Waals surface area contributed by atoms with E-state index in [1.165, 1.54) is 17.0 Å². The number of carbonyl (C=O) groups is 1. The van der Waals surface area contributed by atoms with Gasteiger partial charge < -0.3 is 9.73 Å². The third-order valence-corrected chi connectivity index (χ3v) is 3.08. The Morgan fingerprint density at radius 3 is 2.90 bits per heavy atom. The van der Waals surface area contributed by atoms with E-state index < -0.39 is 5.69 Å². The van der Waals surface area contributed by atoms with E-state index in [9.17, 15) is 9.59 Å². The molecule has 1 N–H and O–H groups in total. The molecule has 1 atom stereocenters. The lowest BCUT2D eigenvalue weighted by Crippen LogP contribution is -2.37. The molecule has 2 aromatic rings. The van der Waals surface area contributed by atoms with Gasteiger partial charge in [-0.3, -0.25) is 14.3 Å². The van der Waals surface area contributed by atoms with Gasteiger partial charge in [0.15, 0.2) is 0 Å². The Kier molecular flexibility index (Phi) is 4.89. The standard InChI is InChI=1S/C14H18N4O3/c1-17(2)11(12-5-3-8-21-12)9-16-13(19)10-18-7-4-6-15-14(18)20/h3-8,11H,9-10H2,1-2H3,(H,16,19). The van der Waals surface area contributed by atoms with Crippen LogP contribution >= 0.6 is 0 Å². The molecule has 7 heteroatoms. The molecule has 0 fully saturated rings. The number of rotatable bonds is 6. The number of nitrogens with one attached hydrogen (secondary N) is 1. The first kappa shape index (κ1) is 15.0. The van der Waals surface area contributed by atoms with Gasteiger partial charge in [-0.1, -0.05) is 0 Å². The van der Waals surface area contributed by atoms with Gasteiger partial charge in [-0.05, 0) is 32.3 Å². The summed E-state index contributed by atoms with van der Waals surface area (Å²) in [4.78, 5) is 28.9. The minimum Gasteiger partial charge on any atom is -0.468 e. The third kappa shape index (κ3) is 4.03. The van der Waals surface area contributed by atoms with E-state index in [2.05, 4.69) is 10.3 Å². The van der Waals surface area contributed by atoms with Crippen LogP contribution in [0.5, 0.6) is 0 Å². The highest BCUT2D eigenvalue weighted by Gasteiger charge is 2.17. The SMILES string of the molecule is CN(C)C(CNC(=O)Cn1cccnc1=O)c1ccco1. The van der Waals surface area contributed by atoms with Crippen molar-refractivity contribution in [3.8, 4) is 0 Å². The smallest absolute Gasteiger partial charge is 0.347 e. The first-order valence-corrected chi connectivity index (χ1v) is 6.56. The van der Waals surface area contributed by atoms with Crippen LogP contribution in [0.25, 0.3) is 0 Å². The first-order valence-electron chi connectivity index (χ1n) is 6.56. The molecule has 0 radical (unpaired) electrons. The fourth-order valence-corrected chi connectivity index (χ4v) is 1.95. The van der Waals surface area contributed by atoms with Crippen molar-refractivity contribution in [1.29, 1.82) is 0 Å². The molecule has 2 aromatic heterocycles. The fourth-order valence-electron chi connectivity index (χ4n) is 1.95. The lowest BCUT2D eigenvalue weighted by atomic mass is 10.2. The van der Waals surface area contributed by atoms with Crippen LogP contribution in [0, 0.1) is 0 Å². The maximum atomic E-state index is 11.9. The molecule has 0 bridgehead atoms. The van der Waals surface area contributed by atoms with E-state index in [1.807, 2.05) is 31.1 Å². The van der Waals surface area contributed by atoms with Crippen LogP contribution in [-0.2, 0) is 11.3 Å². The van der Waals surface area contributed by atoms with Crippen molar-refractivity contribution in [3.63, 3.8) is 0 Å². The number of likely N-dealkylation sites (N-methyl/N-ethyl adjacent to an activating group) is 1. The minimum absolute atomic E-state index is 0.0506. The molecule has 1 unspecified atom stereocenters. The van der Waals surface area contributed by atoms with Gasteiger partial charge in [0.25, 0.3) is 0 Å². The largest absolute Gasteiger partial charge is 0.468 e. The van der Waals surface area contributed by atoms with Gasteiger partial charge >= 0.3 is 5.69 Å². The molecular formula is C14H18N4O3. The molecule has 112 valence electrons. The molecule has 0 aliphatic rings. The van der Waals surface area contributed by atoms with Crippen LogP contribution in [0.2, 0.25) is 0 Å². The van der Waals surface area contributed by atoms with E-state index in [0.29, 0.717) is 6.54 Å². The van der Waals surface area contributed by atoms with E-state index in [1.54, 1.807) is 12.3 Å². The lowest BCUT2D eigenvalue weighted by molar-refractivity contribution is -0.122. The van der Waals surface area contributed by atoms with Crippen molar-refractivity contribution in [1.82, 2.24) is 19.8 Å². The number of aromatic nitrogens is 2.